The van der Waals surface area contributed by atoms with Gasteiger partial charge in [-0.25, -0.2) is 9.78 Å². The van der Waals surface area contributed by atoms with Crippen LogP contribution in [0.15, 0.2) is 18.3 Å². The Labute approximate surface area is 120 Å². The smallest absolute Gasteiger partial charge is 0.326 e. The summed E-state index contributed by atoms with van der Waals surface area (Å²) in [5.74, 6) is -1.41. The fraction of sp³-hybridized carbons (Fsp3) is 0.385. The molecule has 2 amide bonds. The van der Waals surface area contributed by atoms with Gasteiger partial charge in [0, 0.05) is 6.20 Å². The number of fused-ring (bicyclic) bond motifs is 1. The third-order valence-corrected chi connectivity index (χ3v) is 3.00. The number of hydrogen-bond acceptors (Lipinski definition) is 5. The molecule has 1 aliphatic heterocycles. The Morgan fingerprint density at radius 2 is 2.33 bits per heavy atom. The van der Waals surface area contributed by atoms with Crippen LogP contribution < -0.4 is 15.0 Å². The molecule has 1 atom stereocenters. The second-order valence-corrected chi connectivity index (χ2v) is 4.46. The highest BCUT2D eigenvalue weighted by atomic mass is 16.5. The van der Waals surface area contributed by atoms with Gasteiger partial charge in [-0.3, -0.25) is 14.5 Å². The van der Waals surface area contributed by atoms with Crippen LogP contribution in [0.25, 0.3) is 0 Å². The van der Waals surface area contributed by atoms with Crippen LogP contribution in [0.2, 0.25) is 0 Å². The average Bonchev–Trinajstić information content (AvgIpc) is 2.47. The lowest BCUT2D eigenvalue weighted by molar-refractivity contribution is -0.141. The number of ether oxygens (including phenoxy) is 1. The van der Waals surface area contributed by atoms with E-state index < -0.39 is 23.8 Å². The van der Waals surface area contributed by atoms with Gasteiger partial charge in [-0.05, 0) is 18.6 Å². The maximum Gasteiger partial charge on any atom is 0.326 e. The molecule has 0 aliphatic carbocycles. The summed E-state index contributed by atoms with van der Waals surface area (Å²) in [6, 6.07) is 2.33. The zero-order valence-electron chi connectivity index (χ0n) is 11.4. The number of carbonyl (C=O) groups excluding carboxylic acids is 2. The largest absolute Gasteiger partial charge is 0.480 e. The number of carbonyl (C=O) groups is 3. The predicted octanol–water partition coefficient (Wildman–Crippen LogP) is -0.214. The number of hydrogen-bond donors (Lipinski definition) is 2. The summed E-state index contributed by atoms with van der Waals surface area (Å²) < 4.78 is 5.21. The van der Waals surface area contributed by atoms with Crippen LogP contribution in [0.5, 0.6) is 5.75 Å². The second kappa shape index (κ2) is 6.21. The number of carboxylic acids is 1. The minimum absolute atomic E-state index is 0.178. The molecule has 0 fully saturated rings. The van der Waals surface area contributed by atoms with Gasteiger partial charge < -0.3 is 15.2 Å². The summed E-state index contributed by atoms with van der Waals surface area (Å²) in [6.07, 6.45) is 1.74. The van der Waals surface area contributed by atoms with Gasteiger partial charge in [0.15, 0.2) is 18.2 Å². The molecule has 21 heavy (non-hydrogen) atoms. The summed E-state index contributed by atoms with van der Waals surface area (Å²) in [5, 5.41) is 11.3. The summed E-state index contributed by atoms with van der Waals surface area (Å²) in [7, 11) is 0. The number of aliphatic carboxylic acids is 1. The standard InChI is InChI=1S/C13H15N3O5/c1-2-8(13(19)20)15-10(17)6-16-11(18)7-21-9-4-3-5-14-12(9)16/h3-5,8H,2,6-7H2,1H3,(H,15,17)(H,19,20). The van der Waals surface area contributed by atoms with Crippen LogP contribution in [0, 0.1) is 0 Å². The number of nitrogens with zero attached hydrogens (tertiary/aromatic N) is 2. The van der Waals surface area contributed by atoms with Crippen molar-refractivity contribution in [2.24, 2.45) is 0 Å². The molecule has 0 aromatic carbocycles. The van der Waals surface area contributed by atoms with Gasteiger partial charge in [-0.15, -0.1) is 0 Å². The normalized spacial score (nSPS) is 14.9. The van der Waals surface area contributed by atoms with Crippen molar-refractivity contribution in [1.29, 1.82) is 0 Å². The van der Waals surface area contributed by atoms with Gasteiger partial charge >= 0.3 is 5.97 Å². The van der Waals surface area contributed by atoms with Gasteiger partial charge in [0.05, 0.1) is 0 Å². The first-order valence-corrected chi connectivity index (χ1v) is 6.43. The van der Waals surface area contributed by atoms with E-state index in [4.69, 9.17) is 9.84 Å². The lowest BCUT2D eigenvalue weighted by atomic mass is 10.2. The molecule has 0 spiro atoms. The highest BCUT2D eigenvalue weighted by Crippen LogP contribution is 2.28. The van der Waals surface area contributed by atoms with Gasteiger partial charge in [0.1, 0.15) is 12.6 Å². The van der Waals surface area contributed by atoms with Crippen molar-refractivity contribution in [2.75, 3.05) is 18.1 Å². The van der Waals surface area contributed by atoms with E-state index in [1.807, 2.05) is 0 Å². The van der Waals surface area contributed by atoms with Gasteiger partial charge in [0.25, 0.3) is 5.91 Å². The van der Waals surface area contributed by atoms with Gasteiger partial charge in [-0.1, -0.05) is 6.92 Å². The molecule has 0 saturated carbocycles. The summed E-state index contributed by atoms with van der Waals surface area (Å²) >= 11 is 0. The summed E-state index contributed by atoms with van der Waals surface area (Å²) in [6.45, 7) is 1.17. The van der Waals surface area contributed by atoms with Gasteiger partial charge in [-0.2, -0.15) is 0 Å². The molecule has 0 bridgehead atoms. The van der Waals surface area contributed by atoms with Crippen LogP contribution in [0.4, 0.5) is 5.82 Å². The third kappa shape index (κ3) is 3.28. The third-order valence-electron chi connectivity index (χ3n) is 3.00. The molecule has 2 rings (SSSR count). The lowest BCUT2D eigenvalue weighted by Gasteiger charge is -2.27. The molecule has 2 heterocycles. The Balaban J connectivity index is 2.10. The minimum atomic E-state index is -1.11. The molecule has 1 unspecified atom stereocenters. The monoisotopic (exact) mass is 293 g/mol. The van der Waals surface area contributed by atoms with Crippen LogP contribution >= 0.6 is 0 Å². The second-order valence-electron chi connectivity index (χ2n) is 4.46. The van der Waals surface area contributed by atoms with E-state index in [0.717, 1.165) is 0 Å². The van der Waals surface area contributed by atoms with Crippen molar-refractivity contribution in [3.8, 4) is 5.75 Å². The maximum absolute atomic E-state index is 11.9. The number of anilines is 1. The molecular weight excluding hydrogens is 278 g/mol. The molecule has 8 nitrogen and oxygen atoms in total. The molecule has 8 heteroatoms. The van der Waals surface area contributed by atoms with Crippen LogP contribution in [-0.2, 0) is 14.4 Å². The SMILES string of the molecule is CCC(NC(=O)CN1C(=O)COc2cccnc21)C(=O)O. The quantitative estimate of drug-likeness (QED) is 0.777. The topological polar surface area (TPSA) is 109 Å². The van der Waals surface area contributed by atoms with Crippen molar-refractivity contribution in [1.82, 2.24) is 10.3 Å². The fourth-order valence-electron chi connectivity index (χ4n) is 1.92. The van der Waals surface area contributed by atoms with E-state index in [1.165, 1.54) is 11.1 Å². The Bertz CT molecular complexity index is 575. The first kappa shape index (κ1) is 14.8. The Hall–Kier alpha value is -2.64. The zero-order chi connectivity index (χ0) is 15.4. The van der Waals surface area contributed by atoms with Crippen molar-refractivity contribution < 1.29 is 24.2 Å². The Kier molecular flexibility index (Phi) is 4.36. The van der Waals surface area contributed by atoms with E-state index in [-0.39, 0.29) is 25.4 Å². The van der Waals surface area contributed by atoms with E-state index in [2.05, 4.69) is 10.3 Å². The Morgan fingerprint density at radius 3 is 3.00 bits per heavy atom. The maximum atomic E-state index is 11.9. The van der Waals surface area contributed by atoms with E-state index >= 15 is 0 Å². The molecule has 2 N–H and O–H groups in total. The number of aromatic nitrogens is 1. The molecule has 1 aromatic heterocycles. The fourth-order valence-corrected chi connectivity index (χ4v) is 1.92. The molecule has 0 saturated heterocycles. The van der Waals surface area contributed by atoms with Crippen molar-refractivity contribution in [3.63, 3.8) is 0 Å². The number of carboxylic acid groups (broad SMARTS) is 1. The molecular formula is C13H15N3O5. The number of nitrogens with one attached hydrogen (secondary N) is 1. The molecule has 1 aromatic rings. The lowest BCUT2D eigenvalue weighted by Crippen LogP contribution is -2.49. The first-order chi connectivity index (χ1) is 10.0. The summed E-state index contributed by atoms with van der Waals surface area (Å²) in [5.41, 5.74) is 0. The van der Waals surface area contributed by atoms with Crippen molar-refractivity contribution >= 4 is 23.6 Å². The predicted molar refractivity (Wildman–Crippen MR) is 71.9 cm³/mol. The van der Waals surface area contributed by atoms with Gasteiger partial charge in [0.2, 0.25) is 5.91 Å². The highest BCUT2D eigenvalue weighted by molar-refractivity contribution is 6.01. The van der Waals surface area contributed by atoms with E-state index in [9.17, 15) is 14.4 Å². The molecule has 0 radical (unpaired) electrons. The van der Waals surface area contributed by atoms with E-state index in [1.54, 1.807) is 19.1 Å². The number of pyridine rings is 1. The average molecular weight is 293 g/mol. The van der Waals surface area contributed by atoms with Crippen molar-refractivity contribution in [2.45, 2.75) is 19.4 Å². The van der Waals surface area contributed by atoms with Crippen LogP contribution in [-0.4, -0.2) is 47.1 Å². The first-order valence-electron chi connectivity index (χ1n) is 6.43. The van der Waals surface area contributed by atoms with Crippen LogP contribution in [0.3, 0.4) is 0 Å². The molecule has 112 valence electrons. The summed E-state index contributed by atoms with van der Waals surface area (Å²) in [4.78, 5) is 39.8. The number of rotatable bonds is 5. The Morgan fingerprint density at radius 1 is 1.57 bits per heavy atom. The van der Waals surface area contributed by atoms with Crippen molar-refractivity contribution in [3.05, 3.63) is 18.3 Å². The zero-order valence-corrected chi connectivity index (χ0v) is 11.4. The van der Waals surface area contributed by atoms with E-state index in [0.29, 0.717) is 5.75 Å². The molecule has 1 aliphatic rings. The highest BCUT2D eigenvalue weighted by Gasteiger charge is 2.29. The number of amides is 2. The van der Waals surface area contributed by atoms with Crippen LogP contribution in [0.1, 0.15) is 13.3 Å². The minimum Gasteiger partial charge on any atom is -0.480 e.